The van der Waals surface area contributed by atoms with Gasteiger partial charge in [0.1, 0.15) is 7.14 Å². The maximum Gasteiger partial charge on any atom is 0.115 e. The Labute approximate surface area is 225 Å². The number of hydrogen-bond acceptors (Lipinski definition) is 1. The molecule has 0 saturated carbocycles. The second kappa shape index (κ2) is 10.1. The summed E-state index contributed by atoms with van der Waals surface area (Å²) in [7, 11) is -2.29. The van der Waals surface area contributed by atoms with E-state index in [9.17, 15) is 4.57 Å². The number of fused-ring (bicyclic) bond motifs is 2. The molecular formula is C36H31OP. The Hall–Kier alpha value is -3.93. The average molecular weight is 511 g/mol. The van der Waals surface area contributed by atoms with E-state index >= 15 is 0 Å². The molecule has 6 aromatic carbocycles. The van der Waals surface area contributed by atoms with Crippen LogP contribution in [0.5, 0.6) is 0 Å². The molecule has 2 heteroatoms. The smallest absolute Gasteiger partial charge is 0.115 e. The van der Waals surface area contributed by atoms with Gasteiger partial charge in [0.05, 0.1) is 0 Å². The standard InChI is InChI=1S/C36H31OP/c1-3-38(37,4-2)30-23-21-26(22-24-30)28-15-12-16-29(25-28)36-33-19-10-8-17-31(33)35(27-13-6-5-7-14-27)32-18-9-11-20-34(32)36/h5-25H,3-4H2,1-2H3. The zero-order valence-electron chi connectivity index (χ0n) is 21.9. The lowest BCUT2D eigenvalue weighted by Gasteiger charge is -2.18. The fourth-order valence-corrected chi connectivity index (χ4v) is 7.59. The Morgan fingerprint density at radius 3 is 1.42 bits per heavy atom. The van der Waals surface area contributed by atoms with E-state index in [1.54, 1.807) is 0 Å². The summed E-state index contributed by atoms with van der Waals surface area (Å²) in [6.45, 7) is 4.05. The number of rotatable bonds is 6. The van der Waals surface area contributed by atoms with Gasteiger partial charge in [0.2, 0.25) is 0 Å². The third-order valence-corrected chi connectivity index (χ3v) is 11.1. The lowest BCUT2D eigenvalue weighted by molar-refractivity contribution is 0.582. The van der Waals surface area contributed by atoms with Crippen molar-refractivity contribution in [1.29, 1.82) is 0 Å². The summed E-state index contributed by atoms with van der Waals surface area (Å²) in [5, 5.41) is 6.01. The van der Waals surface area contributed by atoms with Crippen LogP contribution in [0.4, 0.5) is 0 Å². The highest BCUT2D eigenvalue weighted by Crippen LogP contribution is 2.45. The predicted octanol–water partition coefficient (Wildman–Crippen LogP) is 10.0. The predicted molar refractivity (Wildman–Crippen MR) is 166 cm³/mol. The van der Waals surface area contributed by atoms with Crippen molar-refractivity contribution < 1.29 is 4.57 Å². The molecule has 0 radical (unpaired) electrons. The molecule has 0 amide bonds. The van der Waals surface area contributed by atoms with Crippen molar-refractivity contribution in [1.82, 2.24) is 0 Å². The second-order valence-electron chi connectivity index (χ2n) is 9.86. The molecule has 0 aromatic heterocycles. The van der Waals surface area contributed by atoms with E-state index in [2.05, 4.69) is 127 Å². The number of hydrogen-bond donors (Lipinski definition) is 0. The highest BCUT2D eigenvalue weighted by molar-refractivity contribution is 7.71. The van der Waals surface area contributed by atoms with Gasteiger partial charge in [-0.1, -0.05) is 135 Å². The van der Waals surface area contributed by atoms with E-state index in [1.807, 2.05) is 13.8 Å². The third-order valence-electron chi connectivity index (χ3n) is 7.84. The maximum atomic E-state index is 13.2. The third kappa shape index (κ3) is 4.18. The van der Waals surface area contributed by atoms with Crippen LogP contribution in [0.3, 0.4) is 0 Å². The van der Waals surface area contributed by atoms with Gasteiger partial charge in [-0.05, 0) is 61.0 Å². The minimum absolute atomic E-state index is 0.706. The highest BCUT2D eigenvalue weighted by atomic mass is 31.2. The monoisotopic (exact) mass is 510 g/mol. The fourth-order valence-electron chi connectivity index (χ4n) is 5.72. The molecule has 0 heterocycles. The Morgan fingerprint density at radius 2 is 0.895 bits per heavy atom. The van der Waals surface area contributed by atoms with Crippen LogP contribution in [-0.4, -0.2) is 12.3 Å². The molecule has 38 heavy (non-hydrogen) atoms. The first kappa shape index (κ1) is 24.4. The Kier molecular flexibility index (Phi) is 6.48. The Bertz CT molecular complexity index is 1730. The lowest BCUT2D eigenvalue weighted by atomic mass is 9.85. The van der Waals surface area contributed by atoms with E-state index in [4.69, 9.17) is 0 Å². The Morgan fingerprint density at radius 1 is 0.447 bits per heavy atom. The normalized spacial score (nSPS) is 11.7. The van der Waals surface area contributed by atoms with Gasteiger partial charge in [-0.2, -0.15) is 0 Å². The van der Waals surface area contributed by atoms with Gasteiger partial charge in [-0.25, -0.2) is 0 Å². The summed E-state index contributed by atoms with van der Waals surface area (Å²) in [6, 6.07) is 45.4. The summed E-state index contributed by atoms with van der Waals surface area (Å²) in [6.07, 6.45) is 1.41. The van der Waals surface area contributed by atoms with E-state index in [0.29, 0.717) is 12.3 Å². The molecule has 0 N–H and O–H groups in total. The van der Waals surface area contributed by atoms with E-state index in [0.717, 1.165) is 16.4 Å². The molecule has 1 nitrogen and oxygen atoms in total. The van der Waals surface area contributed by atoms with Crippen molar-refractivity contribution in [2.75, 3.05) is 12.3 Å². The van der Waals surface area contributed by atoms with Gasteiger partial charge < -0.3 is 4.57 Å². The molecular weight excluding hydrogens is 479 g/mol. The van der Waals surface area contributed by atoms with Crippen molar-refractivity contribution in [3.05, 3.63) is 127 Å². The van der Waals surface area contributed by atoms with Crippen LogP contribution in [0.25, 0.3) is 54.9 Å². The summed E-state index contributed by atoms with van der Waals surface area (Å²) in [5.74, 6) is 0. The first-order valence-corrected chi connectivity index (χ1v) is 15.5. The van der Waals surface area contributed by atoms with Gasteiger partial charge in [-0.3, -0.25) is 0 Å². The van der Waals surface area contributed by atoms with E-state index < -0.39 is 7.14 Å². The highest BCUT2D eigenvalue weighted by Gasteiger charge is 2.20. The number of benzene rings is 6. The Balaban J connectivity index is 1.56. The van der Waals surface area contributed by atoms with Crippen molar-refractivity contribution in [2.45, 2.75) is 13.8 Å². The molecule has 0 aliphatic heterocycles. The summed E-state index contributed by atoms with van der Waals surface area (Å²) in [5.41, 5.74) is 7.28. The molecule has 186 valence electrons. The average Bonchev–Trinajstić information content (AvgIpc) is 3.00. The maximum absolute atomic E-state index is 13.2. The van der Waals surface area contributed by atoms with Crippen LogP contribution < -0.4 is 5.30 Å². The molecule has 0 spiro atoms. The topological polar surface area (TPSA) is 17.1 Å². The molecule has 0 bridgehead atoms. The first-order valence-electron chi connectivity index (χ1n) is 13.4. The molecule has 0 aliphatic carbocycles. The quantitative estimate of drug-likeness (QED) is 0.161. The lowest BCUT2D eigenvalue weighted by Crippen LogP contribution is -2.08. The largest absolute Gasteiger partial charge is 0.319 e. The molecule has 0 saturated heterocycles. The van der Waals surface area contributed by atoms with Gasteiger partial charge in [0, 0.05) is 17.6 Å². The minimum Gasteiger partial charge on any atom is -0.319 e. The van der Waals surface area contributed by atoms with Crippen molar-refractivity contribution in [3.63, 3.8) is 0 Å². The van der Waals surface area contributed by atoms with Gasteiger partial charge in [0.25, 0.3) is 0 Å². The van der Waals surface area contributed by atoms with Gasteiger partial charge >= 0.3 is 0 Å². The van der Waals surface area contributed by atoms with Crippen LogP contribution in [0.15, 0.2) is 127 Å². The van der Waals surface area contributed by atoms with E-state index in [1.165, 1.54) is 43.8 Å². The zero-order chi connectivity index (χ0) is 26.1. The molecule has 0 atom stereocenters. The summed E-state index contributed by atoms with van der Waals surface area (Å²) < 4.78 is 13.2. The SMILES string of the molecule is CCP(=O)(CC)c1ccc(-c2cccc(-c3c4ccccc4c(-c4ccccc4)c4ccccc34)c2)cc1. The van der Waals surface area contributed by atoms with Crippen LogP contribution in [0, 0.1) is 0 Å². The fraction of sp³-hybridized carbons (Fsp3) is 0.111. The van der Waals surface area contributed by atoms with E-state index in [-0.39, 0.29) is 0 Å². The molecule has 6 aromatic rings. The summed E-state index contributed by atoms with van der Waals surface area (Å²) >= 11 is 0. The van der Waals surface area contributed by atoms with Crippen LogP contribution in [0.2, 0.25) is 0 Å². The van der Waals surface area contributed by atoms with Crippen molar-refractivity contribution in [2.24, 2.45) is 0 Å². The van der Waals surface area contributed by atoms with Crippen molar-refractivity contribution >= 4 is 34.0 Å². The van der Waals surface area contributed by atoms with Gasteiger partial charge in [0.15, 0.2) is 0 Å². The molecule has 0 aliphatic rings. The zero-order valence-corrected chi connectivity index (χ0v) is 22.8. The molecule has 0 unspecified atom stereocenters. The second-order valence-corrected chi connectivity index (χ2v) is 13.4. The summed E-state index contributed by atoms with van der Waals surface area (Å²) in [4.78, 5) is 0. The molecule has 6 rings (SSSR count). The van der Waals surface area contributed by atoms with Crippen LogP contribution in [0.1, 0.15) is 13.8 Å². The van der Waals surface area contributed by atoms with Crippen molar-refractivity contribution in [3.8, 4) is 33.4 Å². The van der Waals surface area contributed by atoms with Crippen LogP contribution >= 0.6 is 7.14 Å². The minimum atomic E-state index is -2.29. The van der Waals surface area contributed by atoms with Crippen LogP contribution in [-0.2, 0) is 4.57 Å². The molecule has 0 fully saturated rings. The van der Waals surface area contributed by atoms with Gasteiger partial charge in [-0.15, -0.1) is 0 Å². The first-order chi connectivity index (χ1) is 18.6.